The smallest absolute Gasteiger partial charge is 0.201 e. The Morgan fingerprint density at radius 1 is 1.05 bits per heavy atom. The Balaban J connectivity index is 1.77. The summed E-state index contributed by atoms with van der Waals surface area (Å²) >= 11 is 0. The van der Waals surface area contributed by atoms with Gasteiger partial charge in [0.25, 0.3) is 0 Å². The molecule has 0 unspecified atom stereocenters. The van der Waals surface area contributed by atoms with Gasteiger partial charge in [-0.05, 0) is 56.2 Å². The number of rotatable bonds is 4. The number of imidazole rings is 1. The van der Waals surface area contributed by atoms with Gasteiger partial charge in [-0.3, -0.25) is 0 Å². The monoisotopic (exact) mass is 295 g/mol. The maximum atomic E-state index is 6.05. The molecule has 2 N–H and O–H groups in total. The minimum absolute atomic E-state index is 0.535. The number of benzene rings is 2. The van der Waals surface area contributed by atoms with Crippen LogP contribution in [0.15, 0.2) is 36.4 Å². The van der Waals surface area contributed by atoms with E-state index in [-0.39, 0.29) is 0 Å². The Bertz CT molecular complexity index is 803. The fourth-order valence-electron chi connectivity index (χ4n) is 2.52. The Morgan fingerprint density at radius 3 is 2.45 bits per heavy atom. The summed E-state index contributed by atoms with van der Waals surface area (Å²) in [5.41, 5.74) is 11.8. The molecule has 0 aliphatic rings. The minimum Gasteiger partial charge on any atom is -0.492 e. The maximum absolute atomic E-state index is 6.05. The molecular weight excluding hydrogens is 274 g/mol. The van der Waals surface area contributed by atoms with Gasteiger partial charge < -0.3 is 15.0 Å². The van der Waals surface area contributed by atoms with Crippen molar-refractivity contribution < 1.29 is 4.74 Å². The van der Waals surface area contributed by atoms with E-state index in [0.29, 0.717) is 19.1 Å². The lowest BCUT2D eigenvalue weighted by atomic mass is 10.1. The topological polar surface area (TPSA) is 53.1 Å². The SMILES string of the molecule is Cc1ccc(OCCn2c(N)nc3cc(C)c(C)cc32)cc1. The molecule has 0 fully saturated rings. The van der Waals surface area contributed by atoms with Crippen LogP contribution in [-0.4, -0.2) is 16.2 Å². The summed E-state index contributed by atoms with van der Waals surface area (Å²) in [6.45, 7) is 7.49. The maximum Gasteiger partial charge on any atom is 0.201 e. The number of nitrogen functional groups attached to an aromatic ring is 1. The molecule has 4 nitrogen and oxygen atoms in total. The molecule has 114 valence electrons. The molecule has 1 aromatic heterocycles. The van der Waals surface area contributed by atoms with Crippen molar-refractivity contribution in [2.75, 3.05) is 12.3 Å². The minimum atomic E-state index is 0.535. The molecule has 22 heavy (non-hydrogen) atoms. The van der Waals surface area contributed by atoms with Crippen LogP contribution in [0, 0.1) is 20.8 Å². The molecule has 0 spiro atoms. The molecule has 1 heterocycles. The Kier molecular flexibility index (Phi) is 3.75. The fraction of sp³-hybridized carbons (Fsp3) is 0.278. The molecular formula is C18H21N3O. The number of nitrogens with two attached hydrogens (primary N) is 1. The van der Waals surface area contributed by atoms with Gasteiger partial charge in [0.1, 0.15) is 12.4 Å². The molecule has 0 saturated carbocycles. The van der Waals surface area contributed by atoms with Crippen LogP contribution in [0.2, 0.25) is 0 Å². The normalized spacial score (nSPS) is 11.0. The number of anilines is 1. The van der Waals surface area contributed by atoms with Gasteiger partial charge in [0.2, 0.25) is 5.95 Å². The average molecular weight is 295 g/mol. The molecule has 0 saturated heterocycles. The van der Waals surface area contributed by atoms with Gasteiger partial charge in [0.15, 0.2) is 0 Å². The molecule has 2 aromatic carbocycles. The summed E-state index contributed by atoms with van der Waals surface area (Å²) in [6, 6.07) is 12.3. The van der Waals surface area contributed by atoms with E-state index in [9.17, 15) is 0 Å². The lowest BCUT2D eigenvalue weighted by Crippen LogP contribution is -2.10. The van der Waals surface area contributed by atoms with Crippen molar-refractivity contribution >= 4 is 17.0 Å². The van der Waals surface area contributed by atoms with E-state index in [1.807, 2.05) is 28.8 Å². The van der Waals surface area contributed by atoms with Crippen molar-refractivity contribution in [1.29, 1.82) is 0 Å². The molecule has 0 radical (unpaired) electrons. The van der Waals surface area contributed by atoms with Gasteiger partial charge in [0, 0.05) is 0 Å². The Hall–Kier alpha value is -2.49. The van der Waals surface area contributed by atoms with E-state index in [1.165, 1.54) is 16.7 Å². The quantitative estimate of drug-likeness (QED) is 0.799. The van der Waals surface area contributed by atoms with Gasteiger partial charge in [-0.15, -0.1) is 0 Å². The lowest BCUT2D eigenvalue weighted by Gasteiger charge is -2.10. The largest absolute Gasteiger partial charge is 0.492 e. The van der Waals surface area contributed by atoms with Crippen molar-refractivity contribution in [3.05, 3.63) is 53.1 Å². The molecule has 4 heteroatoms. The number of hydrogen-bond donors (Lipinski definition) is 1. The Labute approximate surface area is 130 Å². The summed E-state index contributed by atoms with van der Waals surface area (Å²) in [5.74, 6) is 1.41. The first kappa shape index (κ1) is 14.4. The summed E-state index contributed by atoms with van der Waals surface area (Å²) in [5, 5.41) is 0. The summed E-state index contributed by atoms with van der Waals surface area (Å²) < 4.78 is 7.80. The predicted octanol–water partition coefficient (Wildman–Crippen LogP) is 3.62. The van der Waals surface area contributed by atoms with Crippen molar-refractivity contribution in [2.24, 2.45) is 0 Å². The zero-order chi connectivity index (χ0) is 15.7. The molecule has 0 bridgehead atoms. The van der Waals surface area contributed by atoms with Crippen LogP contribution in [0.3, 0.4) is 0 Å². The third-order valence-electron chi connectivity index (χ3n) is 4.00. The third-order valence-corrected chi connectivity index (χ3v) is 4.00. The van der Waals surface area contributed by atoms with Crippen LogP contribution in [0.5, 0.6) is 5.75 Å². The number of ether oxygens (including phenoxy) is 1. The highest BCUT2D eigenvalue weighted by Crippen LogP contribution is 2.22. The molecule has 0 aliphatic heterocycles. The number of aromatic nitrogens is 2. The number of nitrogens with zero attached hydrogens (tertiary/aromatic N) is 2. The summed E-state index contributed by atoms with van der Waals surface area (Å²) in [7, 11) is 0. The van der Waals surface area contributed by atoms with E-state index >= 15 is 0 Å². The van der Waals surface area contributed by atoms with Crippen molar-refractivity contribution in [3.8, 4) is 5.75 Å². The van der Waals surface area contributed by atoms with Gasteiger partial charge in [-0.2, -0.15) is 0 Å². The summed E-state index contributed by atoms with van der Waals surface area (Å²) in [4.78, 5) is 4.44. The van der Waals surface area contributed by atoms with Crippen LogP contribution in [0.25, 0.3) is 11.0 Å². The summed E-state index contributed by atoms with van der Waals surface area (Å²) in [6.07, 6.45) is 0. The van der Waals surface area contributed by atoms with E-state index in [0.717, 1.165) is 16.8 Å². The second-order valence-corrected chi connectivity index (χ2v) is 5.71. The van der Waals surface area contributed by atoms with Crippen LogP contribution < -0.4 is 10.5 Å². The molecule has 0 aliphatic carbocycles. The molecule has 3 aromatic rings. The van der Waals surface area contributed by atoms with E-state index in [1.54, 1.807) is 0 Å². The first-order chi connectivity index (χ1) is 10.5. The van der Waals surface area contributed by atoms with E-state index in [2.05, 4.69) is 37.9 Å². The standard InChI is InChI=1S/C18H21N3O/c1-12-4-6-15(7-5-12)22-9-8-21-17-11-14(3)13(2)10-16(17)20-18(21)19/h4-7,10-11H,8-9H2,1-3H3,(H2,19,20). The van der Waals surface area contributed by atoms with Crippen LogP contribution in [-0.2, 0) is 6.54 Å². The van der Waals surface area contributed by atoms with Gasteiger partial charge in [-0.1, -0.05) is 17.7 Å². The number of hydrogen-bond acceptors (Lipinski definition) is 3. The van der Waals surface area contributed by atoms with Crippen molar-refractivity contribution in [2.45, 2.75) is 27.3 Å². The molecule has 0 amide bonds. The highest BCUT2D eigenvalue weighted by molar-refractivity contribution is 5.80. The van der Waals surface area contributed by atoms with Crippen LogP contribution in [0.1, 0.15) is 16.7 Å². The van der Waals surface area contributed by atoms with Crippen LogP contribution in [0.4, 0.5) is 5.95 Å². The lowest BCUT2D eigenvalue weighted by molar-refractivity contribution is 0.301. The Morgan fingerprint density at radius 2 is 1.73 bits per heavy atom. The second kappa shape index (κ2) is 5.72. The number of aryl methyl sites for hydroxylation is 3. The molecule has 0 atom stereocenters. The van der Waals surface area contributed by atoms with E-state index in [4.69, 9.17) is 10.5 Å². The van der Waals surface area contributed by atoms with Gasteiger partial charge in [0.05, 0.1) is 17.6 Å². The predicted molar refractivity (Wildman–Crippen MR) is 90.3 cm³/mol. The first-order valence-electron chi connectivity index (χ1n) is 7.47. The highest BCUT2D eigenvalue weighted by atomic mass is 16.5. The number of fused-ring (bicyclic) bond motifs is 1. The zero-order valence-electron chi connectivity index (χ0n) is 13.3. The highest BCUT2D eigenvalue weighted by Gasteiger charge is 2.09. The zero-order valence-corrected chi connectivity index (χ0v) is 13.3. The van der Waals surface area contributed by atoms with Crippen LogP contribution >= 0.6 is 0 Å². The first-order valence-corrected chi connectivity index (χ1v) is 7.47. The third kappa shape index (κ3) is 2.77. The van der Waals surface area contributed by atoms with Gasteiger partial charge in [-0.25, -0.2) is 4.98 Å². The molecule has 3 rings (SSSR count). The van der Waals surface area contributed by atoms with Gasteiger partial charge >= 0.3 is 0 Å². The fourth-order valence-corrected chi connectivity index (χ4v) is 2.52. The average Bonchev–Trinajstić information content (AvgIpc) is 2.77. The van der Waals surface area contributed by atoms with Crippen molar-refractivity contribution in [1.82, 2.24) is 9.55 Å². The van der Waals surface area contributed by atoms with Crippen molar-refractivity contribution in [3.63, 3.8) is 0 Å². The second-order valence-electron chi connectivity index (χ2n) is 5.71. The van der Waals surface area contributed by atoms with E-state index < -0.39 is 0 Å².